The van der Waals surface area contributed by atoms with Crippen LogP contribution < -0.4 is 4.90 Å². The van der Waals surface area contributed by atoms with Crippen molar-refractivity contribution in [2.24, 2.45) is 0 Å². The molecule has 5 nitrogen and oxygen atoms in total. The highest BCUT2D eigenvalue weighted by atomic mass is 32.1. The van der Waals surface area contributed by atoms with E-state index >= 15 is 0 Å². The zero-order valence-corrected chi connectivity index (χ0v) is 12.3. The second-order valence-corrected chi connectivity index (χ2v) is 6.36. The molecule has 1 aliphatic heterocycles. The van der Waals surface area contributed by atoms with Gasteiger partial charge in [0.2, 0.25) is 5.13 Å². The number of fused-ring (bicyclic) bond motifs is 1. The molecule has 21 heavy (non-hydrogen) atoms. The SMILES string of the molecule is O=C(O)c1cccc2c1CCN(c1nc(C3CC3)ns1)C2. The van der Waals surface area contributed by atoms with Gasteiger partial charge in [-0.25, -0.2) is 9.78 Å². The highest BCUT2D eigenvalue weighted by Gasteiger charge is 2.29. The van der Waals surface area contributed by atoms with E-state index in [0.29, 0.717) is 11.5 Å². The molecule has 0 saturated heterocycles. The van der Waals surface area contributed by atoms with Crippen LogP contribution in [0.4, 0.5) is 5.13 Å². The Kier molecular flexibility index (Phi) is 2.92. The first-order valence-corrected chi connectivity index (χ1v) is 7.92. The maximum atomic E-state index is 11.3. The lowest BCUT2D eigenvalue weighted by molar-refractivity contribution is 0.0695. The van der Waals surface area contributed by atoms with E-state index in [1.54, 1.807) is 6.07 Å². The Morgan fingerprint density at radius 3 is 3.00 bits per heavy atom. The lowest BCUT2D eigenvalue weighted by Crippen LogP contribution is -2.31. The Bertz CT molecular complexity index is 709. The van der Waals surface area contributed by atoms with Crippen LogP contribution in [0, 0.1) is 0 Å². The third kappa shape index (κ3) is 2.29. The molecule has 6 heteroatoms. The standard InChI is InChI=1S/C15H15N3O2S/c19-14(20)12-3-1-2-10-8-18(7-6-11(10)12)15-16-13(17-21-15)9-4-5-9/h1-3,9H,4-8H2,(H,19,20). The summed E-state index contributed by atoms with van der Waals surface area (Å²) in [7, 11) is 0. The number of hydrogen-bond acceptors (Lipinski definition) is 5. The molecular formula is C15H15N3O2S. The fraction of sp³-hybridized carbons (Fsp3) is 0.400. The topological polar surface area (TPSA) is 66.3 Å². The predicted molar refractivity (Wildman–Crippen MR) is 80.0 cm³/mol. The summed E-state index contributed by atoms with van der Waals surface area (Å²) in [5.41, 5.74) is 2.49. The van der Waals surface area contributed by atoms with E-state index in [-0.39, 0.29) is 0 Å². The summed E-state index contributed by atoms with van der Waals surface area (Å²) < 4.78 is 4.45. The van der Waals surface area contributed by atoms with E-state index in [2.05, 4.69) is 14.3 Å². The Hall–Kier alpha value is -1.95. The van der Waals surface area contributed by atoms with Gasteiger partial charge < -0.3 is 10.0 Å². The van der Waals surface area contributed by atoms with Crippen molar-refractivity contribution in [2.45, 2.75) is 31.7 Å². The van der Waals surface area contributed by atoms with Crippen molar-refractivity contribution in [1.82, 2.24) is 9.36 Å². The molecular weight excluding hydrogens is 286 g/mol. The zero-order chi connectivity index (χ0) is 14.4. The fourth-order valence-electron chi connectivity index (χ4n) is 2.84. The van der Waals surface area contributed by atoms with Crippen molar-refractivity contribution in [3.8, 4) is 0 Å². The van der Waals surface area contributed by atoms with Gasteiger partial charge in [0.25, 0.3) is 0 Å². The third-order valence-corrected chi connectivity index (χ3v) is 4.93. The van der Waals surface area contributed by atoms with Crippen LogP contribution in [0.1, 0.15) is 46.1 Å². The highest BCUT2D eigenvalue weighted by molar-refractivity contribution is 7.09. The summed E-state index contributed by atoms with van der Waals surface area (Å²) in [5.74, 6) is 0.720. The van der Waals surface area contributed by atoms with Gasteiger partial charge in [0, 0.05) is 30.5 Å². The highest BCUT2D eigenvalue weighted by Crippen LogP contribution is 2.40. The van der Waals surface area contributed by atoms with E-state index in [9.17, 15) is 9.90 Å². The third-order valence-electron chi connectivity index (χ3n) is 4.14. The van der Waals surface area contributed by atoms with Gasteiger partial charge >= 0.3 is 5.97 Å². The van der Waals surface area contributed by atoms with Crippen LogP contribution in [0.3, 0.4) is 0 Å². The minimum atomic E-state index is -0.841. The molecule has 1 aromatic heterocycles. The number of benzene rings is 1. The average molecular weight is 301 g/mol. The normalized spacial score (nSPS) is 17.6. The second kappa shape index (κ2) is 4.80. The first kappa shape index (κ1) is 12.8. The van der Waals surface area contributed by atoms with Crippen molar-refractivity contribution < 1.29 is 9.90 Å². The van der Waals surface area contributed by atoms with Gasteiger partial charge in [-0.15, -0.1) is 0 Å². The van der Waals surface area contributed by atoms with Crippen LogP contribution in [-0.2, 0) is 13.0 Å². The molecule has 0 atom stereocenters. The predicted octanol–water partition coefficient (Wildman–Crippen LogP) is 2.68. The number of carboxylic acids is 1. The first-order valence-electron chi connectivity index (χ1n) is 7.15. The molecule has 1 aromatic carbocycles. The fourth-order valence-corrected chi connectivity index (χ4v) is 3.61. The molecule has 108 valence electrons. The summed E-state index contributed by atoms with van der Waals surface area (Å²) in [4.78, 5) is 18.1. The minimum Gasteiger partial charge on any atom is -0.478 e. The number of hydrogen-bond donors (Lipinski definition) is 1. The Morgan fingerprint density at radius 1 is 1.38 bits per heavy atom. The molecule has 2 aliphatic rings. The van der Waals surface area contributed by atoms with Crippen LogP contribution in [-0.4, -0.2) is 27.0 Å². The van der Waals surface area contributed by atoms with Crippen LogP contribution in [0.25, 0.3) is 0 Å². The summed E-state index contributed by atoms with van der Waals surface area (Å²) in [5, 5.41) is 10.2. The second-order valence-electron chi connectivity index (χ2n) is 5.63. The number of carbonyl (C=O) groups is 1. The number of rotatable bonds is 3. The molecule has 2 heterocycles. The van der Waals surface area contributed by atoms with E-state index in [1.807, 2.05) is 12.1 Å². The van der Waals surface area contributed by atoms with E-state index < -0.39 is 5.97 Å². The van der Waals surface area contributed by atoms with Crippen LogP contribution >= 0.6 is 11.5 Å². The van der Waals surface area contributed by atoms with Crippen molar-refractivity contribution >= 4 is 22.6 Å². The van der Waals surface area contributed by atoms with Crippen LogP contribution in [0.15, 0.2) is 18.2 Å². The van der Waals surface area contributed by atoms with E-state index in [0.717, 1.165) is 41.6 Å². The Balaban J connectivity index is 1.61. The molecule has 1 saturated carbocycles. The van der Waals surface area contributed by atoms with E-state index in [1.165, 1.54) is 24.4 Å². The molecule has 0 radical (unpaired) electrons. The number of anilines is 1. The molecule has 1 N–H and O–H groups in total. The maximum absolute atomic E-state index is 11.3. The summed E-state index contributed by atoms with van der Waals surface area (Å²) in [6.45, 7) is 1.52. The average Bonchev–Trinajstić information content (AvgIpc) is 3.23. The Labute approximate surface area is 126 Å². The van der Waals surface area contributed by atoms with Crippen molar-refractivity contribution in [3.63, 3.8) is 0 Å². The molecule has 0 amide bonds. The smallest absolute Gasteiger partial charge is 0.335 e. The number of aromatic carboxylic acids is 1. The molecule has 2 aromatic rings. The Morgan fingerprint density at radius 2 is 2.24 bits per heavy atom. The van der Waals surface area contributed by atoms with Crippen LogP contribution in [0.5, 0.6) is 0 Å². The summed E-state index contributed by atoms with van der Waals surface area (Å²) in [6, 6.07) is 5.52. The molecule has 1 aliphatic carbocycles. The quantitative estimate of drug-likeness (QED) is 0.944. The van der Waals surface area contributed by atoms with Crippen molar-refractivity contribution in [1.29, 1.82) is 0 Å². The number of nitrogens with zero attached hydrogens (tertiary/aromatic N) is 3. The van der Waals surface area contributed by atoms with Gasteiger partial charge in [0.1, 0.15) is 5.82 Å². The van der Waals surface area contributed by atoms with Gasteiger partial charge in [-0.2, -0.15) is 4.37 Å². The molecule has 4 rings (SSSR count). The zero-order valence-electron chi connectivity index (χ0n) is 11.5. The van der Waals surface area contributed by atoms with Gasteiger partial charge in [0.15, 0.2) is 0 Å². The molecule has 0 unspecified atom stereocenters. The molecule has 0 bridgehead atoms. The maximum Gasteiger partial charge on any atom is 0.335 e. The molecule has 0 spiro atoms. The largest absolute Gasteiger partial charge is 0.478 e. The lowest BCUT2D eigenvalue weighted by Gasteiger charge is -2.28. The summed E-state index contributed by atoms with van der Waals surface area (Å²) in [6.07, 6.45) is 3.16. The number of carboxylic acid groups (broad SMARTS) is 1. The monoisotopic (exact) mass is 301 g/mol. The van der Waals surface area contributed by atoms with Crippen LogP contribution in [0.2, 0.25) is 0 Å². The summed E-state index contributed by atoms with van der Waals surface area (Å²) >= 11 is 1.46. The van der Waals surface area contributed by atoms with E-state index in [4.69, 9.17) is 0 Å². The number of aromatic nitrogens is 2. The van der Waals surface area contributed by atoms with Crippen molar-refractivity contribution in [3.05, 3.63) is 40.7 Å². The minimum absolute atomic E-state index is 0.433. The van der Waals surface area contributed by atoms with Gasteiger partial charge in [-0.1, -0.05) is 12.1 Å². The van der Waals surface area contributed by atoms with Gasteiger partial charge in [0.05, 0.1) is 5.56 Å². The molecule has 1 fully saturated rings. The van der Waals surface area contributed by atoms with Gasteiger partial charge in [-0.05, 0) is 36.5 Å². The first-order chi connectivity index (χ1) is 10.2. The lowest BCUT2D eigenvalue weighted by atomic mass is 9.95. The van der Waals surface area contributed by atoms with Crippen molar-refractivity contribution in [2.75, 3.05) is 11.4 Å². The van der Waals surface area contributed by atoms with Gasteiger partial charge in [-0.3, -0.25) is 0 Å².